The van der Waals surface area contributed by atoms with Crippen molar-refractivity contribution < 1.29 is 4.42 Å². The summed E-state index contributed by atoms with van der Waals surface area (Å²) >= 11 is 0. The summed E-state index contributed by atoms with van der Waals surface area (Å²) in [6, 6.07) is 11.2. The number of furan rings is 1. The average molecular weight is 201 g/mol. The lowest BCUT2D eigenvalue weighted by Gasteiger charge is -2.02. The van der Waals surface area contributed by atoms with Crippen LogP contribution in [0.4, 0.5) is 5.69 Å². The van der Waals surface area contributed by atoms with E-state index in [1.807, 2.05) is 36.4 Å². The molecule has 0 atom stereocenters. The molecule has 2 rings (SSSR count). The minimum atomic E-state index is 0.0361. The quantitative estimate of drug-likeness (QED) is 0.575. The van der Waals surface area contributed by atoms with Crippen molar-refractivity contribution in [1.29, 1.82) is 0 Å². The molecule has 2 aromatic rings. The smallest absolute Gasteiger partial charge is 0.191 e. The van der Waals surface area contributed by atoms with Crippen LogP contribution in [0.5, 0.6) is 0 Å². The van der Waals surface area contributed by atoms with Crippen LogP contribution in [0.1, 0.15) is 0 Å². The van der Waals surface area contributed by atoms with Gasteiger partial charge in [-0.1, -0.05) is 12.1 Å². The highest BCUT2D eigenvalue weighted by Gasteiger charge is 2.05. The number of benzene rings is 1. The molecule has 4 nitrogen and oxygen atoms in total. The third-order valence-corrected chi connectivity index (χ3v) is 1.94. The first-order valence-electron chi connectivity index (χ1n) is 4.50. The summed E-state index contributed by atoms with van der Waals surface area (Å²) in [6.45, 7) is 0. The SMILES string of the molecule is NC(N)=Nc1ccccc1-c1ccco1. The van der Waals surface area contributed by atoms with E-state index >= 15 is 0 Å². The van der Waals surface area contributed by atoms with Gasteiger partial charge in [0, 0.05) is 5.56 Å². The maximum absolute atomic E-state index is 5.34. The fraction of sp³-hybridized carbons (Fsp3) is 0. The molecule has 0 saturated heterocycles. The van der Waals surface area contributed by atoms with Gasteiger partial charge in [-0.05, 0) is 24.3 Å². The van der Waals surface area contributed by atoms with Crippen molar-refractivity contribution >= 4 is 11.6 Å². The molecule has 1 heterocycles. The summed E-state index contributed by atoms with van der Waals surface area (Å²) in [5.41, 5.74) is 12.3. The molecule has 0 aliphatic carbocycles. The summed E-state index contributed by atoms with van der Waals surface area (Å²) < 4.78 is 5.29. The molecule has 0 aliphatic heterocycles. The molecule has 76 valence electrons. The first-order chi connectivity index (χ1) is 7.27. The monoisotopic (exact) mass is 201 g/mol. The molecule has 0 radical (unpaired) electrons. The van der Waals surface area contributed by atoms with E-state index in [0.717, 1.165) is 11.3 Å². The van der Waals surface area contributed by atoms with Crippen molar-refractivity contribution in [3.63, 3.8) is 0 Å². The van der Waals surface area contributed by atoms with E-state index in [1.54, 1.807) is 6.26 Å². The topological polar surface area (TPSA) is 77.5 Å². The fourth-order valence-corrected chi connectivity index (χ4v) is 1.35. The highest BCUT2D eigenvalue weighted by molar-refractivity contribution is 5.83. The minimum Gasteiger partial charge on any atom is -0.464 e. The van der Waals surface area contributed by atoms with Gasteiger partial charge < -0.3 is 15.9 Å². The lowest BCUT2D eigenvalue weighted by Crippen LogP contribution is -2.21. The Morgan fingerprint density at radius 2 is 1.87 bits per heavy atom. The van der Waals surface area contributed by atoms with Crippen LogP contribution in [-0.4, -0.2) is 5.96 Å². The molecular weight excluding hydrogens is 190 g/mol. The Morgan fingerprint density at radius 1 is 1.07 bits per heavy atom. The summed E-state index contributed by atoms with van der Waals surface area (Å²) in [4.78, 5) is 4.03. The molecule has 0 saturated carbocycles. The van der Waals surface area contributed by atoms with Gasteiger partial charge in [0.25, 0.3) is 0 Å². The van der Waals surface area contributed by atoms with Crippen molar-refractivity contribution in [2.75, 3.05) is 0 Å². The number of hydrogen-bond acceptors (Lipinski definition) is 2. The Kier molecular flexibility index (Phi) is 2.41. The van der Waals surface area contributed by atoms with Gasteiger partial charge >= 0.3 is 0 Å². The third kappa shape index (κ3) is 1.99. The molecule has 0 aliphatic rings. The van der Waals surface area contributed by atoms with E-state index in [-0.39, 0.29) is 5.96 Å². The Hall–Kier alpha value is -2.23. The Bertz CT molecular complexity index is 470. The van der Waals surface area contributed by atoms with Crippen LogP contribution in [0.2, 0.25) is 0 Å². The molecular formula is C11H11N3O. The largest absolute Gasteiger partial charge is 0.464 e. The Morgan fingerprint density at radius 3 is 2.53 bits per heavy atom. The average Bonchev–Trinajstić information content (AvgIpc) is 2.70. The molecule has 0 amide bonds. The van der Waals surface area contributed by atoms with Crippen LogP contribution in [0, 0.1) is 0 Å². The van der Waals surface area contributed by atoms with Crippen LogP contribution in [0.15, 0.2) is 52.1 Å². The van der Waals surface area contributed by atoms with Crippen LogP contribution in [0.3, 0.4) is 0 Å². The summed E-state index contributed by atoms with van der Waals surface area (Å²) in [5, 5.41) is 0. The summed E-state index contributed by atoms with van der Waals surface area (Å²) in [6.07, 6.45) is 1.61. The number of nitrogens with two attached hydrogens (primary N) is 2. The van der Waals surface area contributed by atoms with E-state index in [4.69, 9.17) is 15.9 Å². The van der Waals surface area contributed by atoms with Crippen molar-refractivity contribution in [3.8, 4) is 11.3 Å². The molecule has 0 fully saturated rings. The summed E-state index contributed by atoms with van der Waals surface area (Å²) in [7, 11) is 0. The van der Waals surface area contributed by atoms with Gasteiger partial charge in [-0.25, -0.2) is 4.99 Å². The Balaban J connectivity index is 2.52. The van der Waals surface area contributed by atoms with Gasteiger partial charge in [0.2, 0.25) is 0 Å². The minimum absolute atomic E-state index is 0.0361. The zero-order valence-corrected chi connectivity index (χ0v) is 8.05. The molecule has 15 heavy (non-hydrogen) atoms. The molecule has 4 heteroatoms. The second-order valence-electron chi connectivity index (χ2n) is 3.03. The summed E-state index contributed by atoms with van der Waals surface area (Å²) in [5.74, 6) is 0.782. The number of hydrogen-bond donors (Lipinski definition) is 2. The molecule has 0 bridgehead atoms. The number of aliphatic imine (C=N–C) groups is 1. The van der Waals surface area contributed by atoms with Crippen LogP contribution in [0.25, 0.3) is 11.3 Å². The normalized spacial score (nSPS) is 9.87. The number of nitrogens with zero attached hydrogens (tertiary/aromatic N) is 1. The zero-order valence-electron chi connectivity index (χ0n) is 8.05. The highest BCUT2D eigenvalue weighted by Crippen LogP contribution is 2.29. The lowest BCUT2D eigenvalue weighted by molar-refractivity contribution is 0.582. The van der Waals surface area contributed by atoms with Gasteiger partial charge in [0.05, 0.1) is 12.0 Å². The molecule has 1 aromatic carbocycles. The van der Waals surface area contributed by atoms with E-state index in [9.17, 15) is 0 Å². The molecule has 0 unspecified atom stereocenters. The number of rotatable bonds is 2. The maximum atomic E-state index is 5.34. The maximum Gasteiger partial charge on any atom is 0.191 e. The van der Waals surface area contributed by atoms with E-state index < -0.39 is 0 Å². The third-order valence-electron chi connectivity index (χ3n) is 1.94. The number of para-hydroxylation sites is 1. The fourth-order valence-electron chi connectivity index (χ4n) is 1.35. The van der Waals surface area contributed by atoms with E-state index in [2.05, 4.69) is 4.99 Å². The van der Waals surface area contributed by atoms with E-state index in [1.165, 1.54) is 0 Å². The van der Waals surface area contributed by atoms with Gasteiger partial charge in [-0.2, -0.15) is 0 Å². The van der Waals surface area contributed by atoms with E-state index in [0.29, 0.717) is 5.69 Å². The Labute approximate surface area is 87.2 Å². The molecule has 0 spiro atoms. The van der Waals surface area contributed by atoms with Crippen molar-refractivity contribution in [1.82, 2.24) is 0 Å². The highest BCUT2D eigenvalue weighted by atomic mass is 16.3. The van der Waals surface area contributed by atoms with Crippen molar-refractivity contribution in [2.45, 2.75) is 0 Å². The molecule has 4 N–H and O–H groups in total. The second kappa shape index (κ2) is 3.88. The lowest BCUT2D eigenvalue weighted by atomic mass is 10.1. The predicted molar refractivity (Wildman–Crippen MR) is 59.6 cm³/mol. The first-order valence-corrected chi connectivity index (χ1v) is 4.50. The number of guanidine groups is 1. The van der Waals surface area contributed by atoms with Crippen molar-refractivity contribution in [3.05, 3.63) is 42.7 Å². The molecule has 1 aromatic heterocycles. The zero-order chi connectivity index (χ0) is 10.7. The van der Waals surface area contributed by atoms with Crippen molar-refractivity contribution in [2.24, 2.45) is 16.5 Å². The van der Waals surface area contributed by atoms with Gasteiger partial charge in [-0.15, -0.1) is 0 Å². The first kappa shape index (κ1) is 9.33. The van der Waals surface area contributed by atoms with Crippen LogP contribution in [-0.2, 0) is 0 Å². The van der Waals surface area contributed by atoms with Crippen LogP contribution < -0.4 is 11.5 Å². The van der Waals surface area contributed by atoms with Crippen LogP contribution >= 0.6 is 0 Å². The second-order valence-corrected chi connectivity index (χ2v) is 3.03. The predicted octanol–water partition coefficient (Wildman–Crippen LogP) is 1.85. The van der Waals surface area contributed by atoms with Gasteiger partial charge in [0.1, 0.15) is 5.76 Å². The standard InChI is InChI=1S/C11H11N3O/c12-11(13)14-9-5-2-1-4-8(9)10-6-3-7-15-10/h1-7H,(H4,12,13,14). The van der Waals surface area contributed by atoms with Gasteiger partial charge in [-0.3, -0.25) is 0 Å². The van der Waals surface area contributed by atoms with Gasteiger partial charge in [0.15, 0.2) is 5.96 Å².